The van der Waals surface area contributed by atoms with Gasteiger partial charge in [0.15, 0.2) is 5.82 Å². The van der Waals surface area contributed by atoms with E-state index in [1.807, 2.05) is 24.5 Å². The number of hydrogen-bond acceptors (Lipinski definition) is 4. The zero-order valence-corrected chi connectivity index (χ0v) is 17.4. The summed E-state index contributed by atoms with van der Waals surface area (Å²) >= 11 is 0. The zero-order chi connectivity index (χ0) is 20.4. The number of H-pyrrole nitrogens is 1. The molecule has 0 spiro atoms. The van der Waals surface area contributed by atoms with Crippen molar-refractivity contribution in [2.45, 2.75) is 40.3 Å². The molecule has 148 valence electrons. The van der Waals surface area contributed by atoms with Crippen molar-refractivity contribution in [1.29, 1.82) is 0 Å². The topological polar surface area (TPSA) is 66.5 Å². The Labute approximate surface area is 171 Å². The molecule has 2 aromatic heterocycles. The number of aromatic amines is 1. The maximum atomic E-state index is 4.80. The van der Waals surface area contributed by atoms with E-state index in [4.69, 9.17) is 4.98 Å². The fourth-order valence-corrected chi connectivity index (χ4v) is 3.55. The molecule has 0 amide bonds. The van der Waals surface area contributed by atoms with Crippen LogP contribution in [-0.2, 0) is 6.54 Å². The fraction of sp³-hybridized carbons (Fsp3) is 0.292. The third kappa shape index (κ3) is 4.35. The summed E-state index contributed by atoms with van der Waals surface area (Å²) < 4.78 is 0. The van der Waals surface area contributed by atoms with Gasteiger partial charge in [-0.05, 0) is 43.5 Å². The van der Waals surface area contributed by atoms with E-state index in [-0.39, 0.29) is 6.04 Å². The molecule has 0 saturated carbocycles. The van der Waals surface area contributed by atoms with Gasteiger partial charge in [0, 0.05) is 30.1 Å². The molecule has 0 aliphatic heterocycles. The SMILES string of the molecule is Cc1cccc(-c2ncc(CNC(c3nc4ccc(C)cc4[nH]3)C(C)C)cn2)c1. The molecule has 0 fully saturated rings. The molecule has 1 atom stereocenters. The second-order valence-electron chi connectivity index (χ2n) is 8.03. The Balaban J connectivity index is 1.49. The van der Waals surface area contributed by atoms with Crippen LogP contribution in [0.5, 0.6) is 0 Å². The van der Waals surface area contributed by atoms with Crippen LogP contribution in [0.25, 0.3) is 22.4 Å². The number of hydrogen-bond donors (Lipinski definition) is 2. The number of nitrogens with one attached hydrogen (secondary N) is 2. The maximum Gasteiger partial charge on any atom is 0.159 e. The molecule has 2 heterocycles. The van der Waals surface area contributed by atoms with E-state index in [1.165, 1.54) is 11.1 Å². The quantitative estimate of drug-likeness (QED) is 0.483. The van der Waals surface area contributed by atoms with Gasteiger partial charge in [-0.1, -0.05) is 43.7 Å². The van der Waals surface area contributed by atoms with Crippen LogP contribution in [0.15, 0.2) is 54.9 Å². The van der Waals surface area contributed by atoms with Crippen LogP contribution in [0, 0.1) is 19.8 Å². The van der Waals surface area contributed by atoms with E-state index in [9.17, 15) is 0 Å². The van der Waals surface area contributed by atoms with Gasteiger partial charge in [-0.3, -0.25) is 0 Å². The van der Waals surface area contributed by atoms with E-state index < -0.39 is 0 Å². The third-order valence-electron chi connectivity index (χ3n) is 5.12. The van der Waals surface area contributed by atoms with Gasteiger partial charge in [0.05, 0.1) is 17.1 Å². The summed E-state index contributed by atoms with van der Waals surface area (Å²) in [5, 5.41) is 3.62. The second-order valence-corrected chi connectivity index (χ2v) is 8.03. The van der Waals surface area contributed by atoms with E-state index in [1.54, 1.807) is 0 Å². The lowest BCUT2D eigenvalue weighted by Crippen LogP contribution is -2.26. The molecule has 5 heteroatoms. The van der Waals surface area contributed by atoms with Gasteiger partial charge in [0.25, 0.3) is 0 Å². The number of aromatic nitrogens is 4. The molecular weight excluding hydrogens is 358 g/mol. The van der Waals surface area contributed by atoms with Crippen molar-refractivity contribution in [3.8, 4) is 11.4 Å². The number of imidazole rings is 1. The van der Waals surface area contributed by atoms with Gasteiger partial charge in [0.1, 0.15) is 5.82 Å². The van der Waals surface area contributed by atoms with Crippen molar-refractivity contribution in [1.82, 2.24) is 25.3 Å². The minimum absolute atomic E-state index is 0.124. The summed E-state index contributed by atoms with van der Waals surface area (Å²) in [4.78, 5) is 17.4. The first-order valence-corrected chi connectivity index (χ1v) is 10.1. The highest BCUT2D eigenvalue weighted by Gasteiger charge is 2.19. The summed E-state index contributed by atoms with van der Waals surface area (Å²) in [7, 11) is 0. The first-order valence-electron chi connectivity index (χ1n) is 10.1. The van der Waals surface area contributed by atoms with Crippen molar-refractivity contribution in [3.05, 3.63) is 77.4 Å². The summed E-state index contributed by atoms with van der Waals surface area (Å²) in [5.41, 5.74) is 6.62. The van der Waals surface area contributed by atoms with Crippen molar-refractivity contribution >= 4 is 11.0 Å². The standard InChI is InChI=1S/C24H27N5/c1-15(2)22(24-28-20-9-8-17(4)11-21(20)29-24)25-12-18-13-26-23(27-14-18)19-7-5-6-16(3)10-19/h5-11,13-15,22,25H,12H2,1-4H3,(H,28,29). The number of nitrogens with zero attached hydrogens (tertiary/aromatic N) is 3. The Bertz CT molecular complexity index is 1110. The van der Waals surface area contributed by atoms with Gasteiger partial charge < -0.3 is 10.3 Å². The van der Waals surface area contributed by atoms with E-state index in [0.29, 0.717) is 12.5 Å². The number of benzene rings is 2. The van der Waals surface area contributed by atoms with E-state index in [2.05, 4.69) is 78.3 Å². The summed E-state index contributed by atoms with van der Waals surface area (Å²) in [6.45, 7) is 9.26. The van der Waals surface area contributed by atoms with Crippen molar-refractivity contribution < 1.29 is 0 Å². The summed E-state index contributed by atoms with van der Waals surface area (Å²) in [5.74, 6) is 2.12. The Morgan fingerprint density at radius 3 is 2.45 bits per heavy atom. The summed E-state index contributed by atoms with van der Waals surface area (Å²) in [6, 6.07) is 14.7. The van der Waals surface area contributed by atoms with Crippen LogP contribution in [-0.4, -0.2) is 19.9 Å². The molecule has 0 aliphatic carbocycles. The van der Waals surface area contributed by atoms with Crippen molar-refractivity contribution in [3.63, 3.8) is 0 Å². The van der Waals surface area contributed by atoms with Crippen LogP contribution < -0.4 is 5.32 Å². The highest BCUT2D eigenvalue weighted by Crippen LogP contribution is 2.23. The number of fused-ring (bicyclic) bond motifs is 1. The Hall–Kier alpha value is -3.05. The predicted molar refractivity (Wildman–Crippen MR) is 117 cm³/mol. The smallest absolute Gasteiger partial charge is 0.159 e. The lowest BCUT2D eigenvalue weighted by Gasteiger charge is -2.20. The van der Waals surface area contributed by atoms with Crippen molar-refractivity contribution in [2.24, 2.45) is 5.92 Å². The van der Waals surface area contributed by atoms with Crippen molar-refractivity contribution in [2.75, 3.05) is 0 Å². The first-order chi connectivity index (χ1) is 14.0. The van der Waals surface area contributed by atoms with Crippen LogP contribution in [0.1, 0.15) is 42.4 Å². The molecule has 4 aromatic rings. The molecule has 2 aromatic carbocycles. The molecule has 5 nitrogen and oxygen atoms in total. The molecule has 0 bridgehead atoms. The average molecular weight is 386 g/mol. The van der Waals surface area contributed by atoms with E-state index in [0.717, 1.165) is 33.8 Å². The Morgan fingerprint density at radius 1 is 0.966 bits per heavy atom. The molecule has 4 rings (SSSR count). The van der Waals surface area contributed by atoms with Gasteiger partial charge in [-0.2, -0.15) is 0 Å². The average Bonchev–Trinajstić information content (AvgIpc) is 3.11. The normalized spacial score (nSPS) is 12.6. The Kier molecular flexibility index (Phi) is 5.41. The van der Waals surface area contributed by atoms with Gasteiger partial charge in [0.2, 0.25) is 0 Å². The van der Waals surface area contributed by atoms with Gasteiger partial charge >= 0.3 is 0 Å². The number of rotatable bonds is 6. The molecule has 0 aliphatic rings. The predicted octanol–water partition coefficient (Wildman–Crippen LogP) is 5.12. The Morgan fingerprint density at radius 2 is 1.72 bits per heavy atom. The highest BCUT2D eigenvalue weighted by atomic mass is 15.0. The molecule has 0 saturated heterocycles. The highest BCUT2D eigenvalue weighted by molar-refractivity contribution is 5.75. The minimum atomic E-state index is 0.124. The molecule has 0 radical (unpaired) electrons. The molecular formula is C24H27N5. The molecule has 1 unspecified atom stereocenters. The maximum absolute atomic E-state index is 4.80. The largest absolute Gasteiger partial charge is 0.341 e. The van der Waals surface area contributed by atoms with E-state index >= 15 is 0 Å². The van der Waals surface area contributed by atoms with Crippen LogP contribution in [0.4, 0.5) is 0 Å². The molecule has 29 heavy (non-hydrogen) atoms. The lowest BCUT2D eigenvalue weighted by atomic mass is 10.0. The zero-order valence-electron chi connectivity index (χ0n) is 17.4. The van der Waals surface area contributed by atoms with Crippen LogP contribution in [0.3, 0.4) is 0 Å². The third-order valence-corrected chi connectivity index (χ3v) is 5.12. The fourth-order valence-electron chi connectivity index (χ4n) is 3.55. The second kappa shape index (κ2) is 8.13. The minimum Gasteiger partial charge on any atom is -0.341 e. The number of aryl methyl sites for hydroxylation is 2. The monoisotopic (exact) mass is 385 g/mol. The first kappa shape index (κ1) is 19.3. The van der Waals surface area contributed by atoms with Gasteiger partial charge in [-0.15, -0.1) is 0 Å². The molecule has 2 N–H and O–H groups in total. The van der Waals surface area contributed by atoms with Crippen LogP contribution in [0.2, 0.25) is 0 Å². The lowest BCUT2D eigenvalue weighted by molar-refractivity contribution is 0.395. The van der Waals surface area contributed by atoms with Gasteiger partial charge in [-0.25, -0.2) is 15.0 Å². The van der Waals surface area contributed by atoms with Crippen LogP contribution >= 0.6 is 0 Å². The summed E-state index contributed by atoms with van der Waals surface area (Å²) in [6.07, 6.45) is 3.80.